The summed E-state index contributed by atoms with van der Waals surface area (Å²) in [7, 11) is -3.92. The Bertz CT molecular complexity index is 893. The molecule has 1 atom stereocenters. The molecule has 8 heteroatoms. The number of sulfonamides is 1. The molecule has 0 fully saturated rings. The number of benzene rings is 1. The average Bonchev–Trinajstić information content (AvgIpc) is 3.03. The van der Waals surface area contributed by atoms with Crippen LogP contribution in [0.1, 0.15) is 39.9 Å². The van der Waals surface area contributed by atoms with Crippen molar-refractivity contribution in [1.82, 2.24) is 10.3 Å². The molecule has 2 N–H and O–H groups in total. The summed E-state index contributed by atoms with van der Waals surface area (Å²) in [5, 5.41) is 0.0986. The van der Waals surface area contributed by atoms with Crippen LogP contribution >= 0.6 is 22.9 Å². The molecule has 1 amide bonds. The minimum Gasteiger partial charge on any atom is -0.273 e. The number of hydrogen-bond donors (Lipinski definition) is 2. The van der Waals surface area contributed by atoms with Crippen LogP contribution in [0.25, 0.3) is 0 Å². The Labute approximate surface area is 156 Å². The first-order chi connectivity index (χ1) is 11.9. The number of hydrazine groups is 1. The van der Waals surface area contributed by atoms with Crippen LogP contribution in [0.4, 0.5) is 0 Å². The molecule has 0 saturated carbocycles. The van der Waals surface area contributed by atoms with E-state index < -0.39 is 15.9 Å². The van der Waals surface area contributed by atoms with Gasteiger partial charge in [-0.25, -0.2) is 8.42 Å². The van der Waals surface area contributed by atoms with Gasteiger partial charge in [-0.15, -0.1) is 16.2 Å². The summed E-state index contributed by atoms with van der Waals surface area (Å²) in [6.45, 7) is 2.18. The number of halogens is 1. The highest BCUT2D eigenvalue weighted by atomic mass is 35.5. The first-order valence-corrected chi connectivity index (χ1v) is 10.8. The van der Waals surface area contributed by atoms with Gasteiger partial charge in [0.05, 0.1) is 9.90 Å². The van der Waals surface area contributed by atoms with E-state index in [9.17, 15) is 13.2 Å². The molecular formula is C17H19ClN2O3S2. The minimum atomic E-state index is -3.92. The maximum atomic E-state index is 12.3. The number of thiophene rings is 1. The van der Waals surface area contributed by atoms with Crippen molar-refractivity contribution in [3.63, 3.8) is 0 Å². The van der Waals surface area contributed by atoms with Gasteiger partial charge < -0.3 is 0 Å². The van der Waals surface area contributed by atoms with E-state index in [0.717, 1.165) is 25.7 Å². The lowest BCUT2D eigenvalue weighted by atomic mass is 9.87. The number of nitrogens with one attached hydrogen (secondary N) is 2. The van der Waals surface area contributed by atoms with Crippen molar-refractivity contribution in [2.24, 2.45) is 5.92 Å². The Morgan fingerprint density at radius 2 is 2.12 bits per heavy atom. The molecular weight excluding hydrogens is 380 g/mol. The van der Waals surface area contributed by atoms with Crippen LogP contribution in [-0.4, -0.2) is 14.3 Å². The number of carbonyl (C=O) groups excluding carboxylic acids is 1. The van der Waals surface area contributed by atoms with E-state index in [1.807, 2.05) is 6.07 Å². The van der Waals surface area contributed by atoms with Gasteiger partial charge in [0.1, 0.15) is 4.90 Å². The Kier molecular flexibility index (Phi) is 5.48. The number of carbonyl (C=O) groups is 1. The van der Waals surface area contributed by atoms with Gasteiger partial charge in [-0.2, -0.15) is 0 Å². The topological polar surface area (TPSA) is 75.3 Å². The lowest BCUT2D eigenvalue weighted by molar-refractivity contribution is 0.0949. The van der Waals surface area contributed by atoms with Gasteiger partial charge in [-0.1, -0.05) is 37.1 Å². The summed E-state index contributed by atoms with van der Waals surface area (Å²) in [6.07, 6.45) is 4.25. The fourth-order valence-corrected chi connectivity index (χ4v) is 5.42. The molecule has 0 bridgehead atoms. The van der Waals surface area contributed by atoms with Crippen molar-refractivity contribution in [2.45, 2.75) is 37.5 Å². The van der Waals surface area contributed by atoms with Crippen molar-refractivity contribution in [1.29, 1.82) is 0 Å². The first kappa shape index (κ1) is 18.4. The summed E-state index contributed by atoms with van der Waals surface area (Å²) in [5.41, 5.74) is 3.48. The molecule has 25 heavy (non-hydrogen) atoms. The molecule has 0 radical (unpaired) electrons. The normalized spacial score (nSPS) is 17.1. The fourth-order valence-electron chi connectivity index (χ4n) is 2.95. The Balaban J connectivity index is 1.69. The number of fused-ring (bicyclic) bond motifs is 1. The fraction of sp³-hybridized carbons (Fsp3) is 0.353. The zero-order valence-corrected chi connectivity index (χ0v) is 16.1. The van der Waals surface area contributed by atoms with E-state index >= 15 is 0 Å². The molecule has 134 valence electrons. The summed E-state index contributed by atoms with van der Waals surface area (Å²) < 4.78 is 24.5. The summed E-state index contributed by atoms with van der Waals surface area (Å²) >= 11 is 7.34. The van der Waals surface area contributed by atoms with Gasteiger partial charge in [0, 0.05) is 4.88 Å². The average molecular weight is 399 g/mol. The Hall–Kier alpha value is -1.41. The predicted molar refractivity (Wildman–Crippen MR) is 99.4 cm³/mol. The van der Waals surface area contributed by atoms with Gasteiger partial charge in [0.25, 0.3) is 15.9 Å². The van der Waals surface area contributed by atoms with Gasteiger partial charge >= 0.3 is 0 Å². The SMILES string of the molecule is CC[C@@H]1CCc2sc(C(=O)NNS(=O)(=O)c3ccccc3Cl)cc2C1. The van der Waals surface area contributed by atoms with Gasteiger partial charge in [0.15, 0.2) is 0 Å². The van der Waals surface area contributed by atoms with Gasteiger partial charge in [-0.05, 0) is 48.9 Å². The second kappa shape index (κ2) is 7.45. The zero-order chi connectivity index (χ0) is 18.0. The van der Waals surface area contributed by atoms with Crippen LogP contribution in [0.15, 0.2) is 35.2 Å². The number of rotatable bonds is 5. The van der Waals surface area contributed by atoms with Crippen molar-refractivity contribution in [2.75, 3.05) is 0 Å². The summed E-state index contributed by atoms with van der Waals surface area (Å²) in [5.74, 6) is 0.208. The number of amides is 1. The first-order valence-electron chi connectivity index (χ1n) is 8.09. The van der Waals surface area contributed by atoms with Crippen LogP contribution in [0, 0.1) is 5.92 Å². The van der Waals surface area contributed by atoms with Crippen LogP contribution in [0.3, 0.4) is 0 Å². The number of hydrogen-bond acceptors (Lipinski definition) is 4. The van der Waals surface area contributed by atoms with Crippen LogP contribution in [0.2, 0.25) is 5.02 Å². The molecule has 1 heterocycles. The van der Waals surface area contributed by atoms with Crippen LogP contribution in [-0.2, 0) is 22.9 Å². The van der Waals surface area contributed by atoms with Crippen molar-refractivity contribution in [3.8, 4) is 0 Å². The molecule has 2 aromatic rings. The maximum absolute atomic E-state index is 12.3. The van der Waals surface area contributed by atoms with E-state index in [2.05, 4.69) is 17.2 Å². The Morgan fingerprint density at radius 1 is 1.36 bits per heavy atom. The lowest BCUT2D eigenvalue weighted by Gasteiger charge is -2.19. The molecule has 1 aliphatic rings. The van der Waals surface area contributed by atoms with Crippen LogP contribution in [0.5, 0.6) is 0 Å². The maximum Gasteiger partial charge on any atom is 0.276 e. The van der Waals surface area contributed by atoms with Crippen molar-refractivity contribution < 1.29 is 13.2 Å². The molecule has 1 aromatic heterocycles. The Morgan fingerprint density at radius 3 is 2.84 bits per heavy atom. The molecule has 1 aromatic carbocycles. The van der Waals surface area contributed by atoms with Crippen molar-refractivity contribution in [3.05, 3.63) is 50.7 Å². The van der Waals surface area contributed by atoms with Crippen LogP contribution < -0.4 is 10.3 Å². The molecule has 1 aliphatic carbocycles. The third-order valence-electron chi connectivity index (χ3n) is 4.41. The smallest absolute Gasteiger partial charge is 0.273 e. The molecule has 5 nitrogen and oxygen atoms in total. The molecule has 0 aliphatic heterocycles. The largest absolute Gasteiger partial charge is 0.276 e. The molecule has 0 spiro atoms. The number of aryl methyl sites for hydroxylation is 1. The van der Waals surface area contributed by atoms with E-state index in [0.29, 0.717) is 10.8 Å². The summed E-state index contributed by atoms with van der Waals surface area (Å²) in [6, 6.07) is 7.95. The van der Waals surface area contributed by atoms with E-state index in [1.165, 1.54) is 33.9 Å². The minimum absolute atomic E-state index is 0.0757. The molecule has 3 rings (SSSR count). The highest BCUT2D eigenvalue weighted by molar-refractivity contribution is 7.89. The predicted octanol–water partition coefficient (Wildman–Crippen LogP) is 3.54. The standard InChI is InChI=1S/C17H19ClN2O3S2/c1-2-11-7-8-14-12(9-11)10-15(24-14)17(21)19-20-25(22,23)16-6-4-3-5-13(16)18/h3-6,10-11,20H,2,7-9H2,1H3,(H,19,21)/t11-/m1/s1. The third kappa shape index (κ3) is 4.06. The lowest BCUT2D eigenvalue weighted by Crippen LogP contribution is -2.41. The second-order valence-electron chi connectivity index (χ2n) is 6.07. The molecule has 0 saturated heterocycles. The van der Waals surface area contributed by atoms with E-state index in [4.69, 9.17) is 11.6 Å². The highest BCUT2D eigenvalue weighted by Crippen LogP contribution is 2.33. The van der Waals surface area contributed by atoms with Gasteiger partial charge in [0.2, 0.25) is 0 Å². The quantitative estimate of drug-likeness (QED) is 0.756. The summed E-state index contributed by atoms with van der Waals surface area (Å²) in [4.78, 5) is 16.1. The zero-order valence-electron chi connectivity index (χ0n) is 13.7. The highest BCUT2D eigenvalue weighted by Gasteiger charge is 2.23. The molecule has 0 unspecified atom stereocenters. The van der Waals surface area contributed by atoms with E-state index in [1.54, 1.807) is 12.1 Å². The van der Waals surface area contributed by atoms with E-state index in [-0.39, 0.29) is 9.92 Å². The van der Waals surface area contributed by atoms with Crippen molar-refractivity contribution >= 4 is 38.9 Å². The third-order valence-corrected chi connectivity index (χ3v) is 7.39. The van der Waals surface area contributed by atoms with Gasteiger partial charge in [-0.3, -0.25) is 10.2 Å². The second-order valence-corrected chi connectivity index (χ2v) is 9.26. The monoisotopic (exact) mass is 398 g/mol.